The second-order valence-corrected chi connectivity index (χ2v) is 8.71. The molecule has 0 saturated heterocycles. The van der Waals surface area contributed by atoms with Gasteiger partial charge in [-0.1, -0.05) is 131 Å². The minimum atomic E-state index is 1.20. The molecule has 0 N–H and O–H groups in total. The van der Waals surface area contributed by atoms with Gasteiger partial charge in [-0.3, -0.25) is 0 Å². The zero-order valence-corrected chi connectivity index (χ0v) is 19.5. The van der Waals surface area contributed by atoms with Gasteiger partial charge in [-0.05, 0) is 55.2 Å². The number of unbranched alkanes of at least 4 members (excludes halogenated alkanes) is 12. The van der Waals surface area contributed by atoms with Crippen molar-refractivity contribution in [3.05, 3.63) is 72.3 Å². The average molecular weight is 405 g/mol. The summed E-state index contributed by atoms with van der Waals surface area (Å²) >= 11 is 0. The molecule has 0 heteroatoms. The van der Waals surface area contributed by atoms with Crippen LogP contribution in [0.15, 0.2) is 66.7 Å². The summed E-state index contributed by atoms with van der Waals surface area (Å²) in [6.07, 6.45) is 25.2. The van der Waals surface area contributed by atoms with E-state index < -0.39 is 0 Å². The van der Waals surface area contributed by atoms with Crippen LogP contribution in [-0.4, -0.2) is 0 Å². The van der Waals surface area contributed by atoms with Crippen molar-refractivity contribution in [1.29, 1.82) is 0 Å². The maximum atomic E-state index is 2.42. The minimum absolute atomic E-state index is 1.20. The fraction of sp³-hybridized carbons (Fsp3) is 0.533. The molecule has 0 aromatic heterocycles. The number of aryl methyl sites for hydroxylation is 1. The Bertz CT molecular complexity index is 667. The molecular formula is C30H44. The van der Waals surface area contributed by atoms with E-state index in [0.29, 0.717) is 0 Å². The standard InChI is InChI=1S/C30H44/c1-2-3-4-5-6-7-8-9-10-11-12-13-14-15-16-18-23-29-26-21-22-27-30(29)28-24-19-17-20-25-28/h9-10,17,19-22,24-27H,2-8,11-16,18,23H2,1H3/b10-9-. The molecule has 30 heavy (non-hydrogen) atoms. The van der Waals surface area contributed by atoms with Crippen molar-refractivity contribution in [3.63, 3.8) is 0 Å². The first-order chi connectivity index (χ1) is 14.9. The summed E-state index contributed by atoms with van der Waals surface area (Å²) in [7, 11) is 0. The van der Waals surface area contributed by atoms with E-state index in [1.165, 1.54) is 113 Å². The SMILES string of the molecule is CCCCCCCC/C=C\CCCCCCCCc1ccccc1-c1ccccc1. The third kappa shape index (κ3) is 10.8. The van der Waals surface area contributed by atoms with Crippen LogP contribution in [0, 0.1) is 0 Å². The Labute approximate surface area is 186 Å². The van der Waals surface area contributed by atoms with E-state index in [0.717, 1.165) is 0 Å². The highest BCUT2D eigenvalue weighted by atomic mass is 14.1. The van der Waals surface area contributed by atoms with Crippen LogP contribution in [0.1, 0.15) is 102 Å². The van der Waals surface area contributed by atoms with Gasteiger partial charge in [0, 0.05) is 0 Å². The molecule has 0 aliphatic rings. The molecule has 0 unspecified atom stereocenters. The molecular weight excluding hydrogens is 360 g/mol. The maximum Gasteiger partial charge on any atom is -0.0152 e. The summed E-state index contributed by atoms with van der Waals surface area (Å²) in [4.78, 5) is 0. The number of allylic oxidation sites excluding steroid dienone is 2. The lowest BCUT2D eigenvalue weighted by atomic mass is 9.95. The lowest BCUT2D eigenvalue weighted by Gasteiger charge is -2.09. The van der Waals surface area contributed by atoms with Gasteiger partial charge in [-0.15, -0.1) is 0 Å². The Hall–Kier alpha value is -1.82. The van der Waals surface area contributed by atoms with Crippen molar-refractivity contribution < 1.29 is 0 Å². The molecule has 164 valence electrons. The van der Waals surface area contributed by atoms with Crippen LogP contribution in [-0.2, 0) is 6.42 Å². The van der Waals surface area contributed by atoms with Gasteiger partial charge < -0.3 is 0 Å². The molecule has 2 aromatic carbocycles. The van der Waals surface area contributed by atoms with E-state index >= 15 is 0 Å². The zero-order valence-electron chi connectivity index (χ0n) is 19.5. The highest BCUT2D eigenvalue weighted by Gasteiger charge is 2.03. The second kappa shape index (κ2) is 16.9. The van der Waals surface area contributed by atoms with Crippen molar-refractivity contribution in [3.8, 4) is 11.1 Å². The molecule has 2 aromatic rings. The molecule has 0 fully saturated rings. The predicted octanol–water partition coefficient (Wildman–Crippen LogP) is 9.93. The lowest BCUT2D eigenvalue weighted by molar-refractivity contribution is 0.596. The van der Waals surface area contributed by atoms with Gasteiger partial charge >= 0.3 is 0 Å². The van der Waals surface area contributed by atoms with E-state index in [9.17, 15) is 0 Å². The van der Waals surface area contributed by atoms with Crippen LogP contribution in [0.25, 0.3) is 11.1 Å². The number of hydrogen-bond donors (Lipinski definition) is 0. The Morgan fingerprint density at radius 2 is 1.07 bits per heavy atom. The monoisotopic (exact) mass is 404 g/mol. The first kappa shape index (κ1) is 24.4. The number of benzene rings is 2. The van der Waals surface area contributed by atoms with Crippen molar-refractivity contribution in [1.82, 2.24) is 0 Å². The van der Waals surface area contributed by atoms with E-state index in [1.807, 2.05) is 0 Å². The maximum absolute atomic E-state index is 2.42. The summed E-state index contributed by atoms with van der Waals surface area (Å²) in [6, 6.07) is 19.7. The van der Waals surface area contributed by atoms with Crippen molar-refractivity contribution in [2.24, 2.45) is 0 Å². The van der Waals surface area contributed by atoms with Gasteiger partial charge in [0.1, 0.15) is 0 Å². The largest absolute Gasteiger partial charge is 0.0885 e. The van der Waals surface area contributed by atoms with E-state index in [2.05, 4.69) is 73.7 Å². The number of hydrogen-bond acceptors (Lipinski definition) is 0. The quantitative estimate of drug-likeness (QED) is 0.182. The number of rotatable bonds is 17. The molecule has 0 aliphatic heterocycles. The summed E-state index contributed by atoms with van der Waals surface area (Å²) in [6.45, 7) is 2.29. The molecule has 2 rings (SSSR count). The molecule has 0 bridgehead atoms. The predicted molar refractivity (Wildman–Crippen MR) is 135 cm³/mol. The zero-order chi connectivity index (χ0) is 21.1. The molecule has 0 nitrogen and oxygen atoms in total. The van der Waals surface area contributed by atoms with Crippen molar-refractivity contribution in [2.45, 2.75) is 103 Å². The van der Waals surface area contributed by atoms with E-state index in [4.69, 9.17) is 0 Å². The van der Waals surface area contributed by atoms with Gasteiger partial charge in [0.05, 0.1) is 0 Å². The van der Waals surface area contributed by atoms with E-state index in [1.54, 1.807) is 0 Å². The van der Waals surface area contributed by atoms with Gasteiger partial charge in [0.2, 0.25) is 0 Å². The molecule has 0 spiro atoms. The highest BCUT2D eigenvalue weighted by Crippen LogP contribution is 2.25. The second-order valence-electron chi connectivity index (χ2n) is 8.71. The van der Waals surface area contributed by atoms with Crippen LogP contribution >= 0.6 is 0 Å². The molecule has 0 amide bonds. The van der Waals surface area contributed by atoms with E-state index in [-0.39, 0.29) is 0 Å². The smallest absolute Gasteiger partial charge is 0.0152 e. The molecule has 0 saturated carbocycles. The van der Waals surface area contributed by atoms with Crippen LogP contribution in [0.5, 0.6) is 0 Å². The average Bonchev–Trinajstić information content (AvgIpc) is 2.79. The minimum Gasteiger partial charge on any atom is -0.0885 e. The molecule has 0 radical (unpaired) electrons. The van der Waals surface area contributed by atoms with Crippen LogP contribution in [0.4, 0.5) is 0 Å². The lowest BCUT2D eigenvalue weighted by Crippen LogP contribution is -1.91. The Kier molecular flexibility index (Phi) is 13.8. The van der Waals surface area contributed by atoms with Crippen LogP contribution in [0.2, 0.25) is 0 Å². The highest BCUT2D eigenvalue weighted by molar-refractivity contribution is 5.67. The molecule has 0 aliphatic carbocycles. The van der Waals surface area contributed by atoms with Gasteiger partial charge in [0.15, 0.2) is 0 Å². The fourth-order valence-electron chi connectivity index (χ4n) is 4.20. The van der Waals surface area contributed by atoms with Gasteiger partial charge in [-0.2, -0.15) is 0 Å². The molecule has 0 atom stereocenters. The normalized spacial score (nSPS) is 11.4. The third-order valence-corrected chi connectivity index (χ3v) is 6.06. The van der Waals surface area contributed by atoms with Crippen LogP contribution < -0.4 is 0 Å². The Morgan fingerprint density at radius 1 is 0.533 bits per heavy atom. The van der Waals surface area contributed by atoms with Crippen molar-refractivity contribution in [2.75, 3.05) is 0 Å². The summed E-state index contributed by atoms with van der Waals surface area (Å²) in [5.74, 6) is 0. The first-order valence-corrected chi connectivity index (χ1v) is 12.7. The first-order valence-electron chi connectivity index (χ1n) is 12.7. The summed E-state index contributed by atoms with van der Waals surface area (Å²) in [5, 5.41) is 0. The summed E-state index contributed by atoms with van der Waals surface area (Å²) < 4.78 is 0. The Balaban J connectivity index is 1.46. The van der Waals surface area contributed by atoms with Crippen LogP contribution in [0.3, 0.4) is 0 Å². The molecule has 0 heterocycles. The van der Waals surface area contributed by atoms with Gasteiger partial charge in [0.25, 0.3) is 0 Å². The summed E-state index contributed by atoms with van der Waals surface area (Å²) in [5.41, 5.74) is 4.25. The fourth-order valence-corrected chi connectivity index (χ4v) is 4.20. The van der Waals surface area contributed by atoms with Crippen molar-refractivity contribution >= 4 is 0 Å². The van der Waals surface area contributed by atoms with Gasteiger partial charge in [-0.25, -0.2) is 0 Å². The Morgan fingerprint density at radius 3 is 1.73 bits per heavy atom. The third-order valence-electron chi connectivity index (χ3n) is 6.06. The topological polar surface area (TPSA) is 0 Å².